The topological polar surface area (TPSA) is 0 Å². The molecular formula is C34H39Si. The third kappa shape index (κ3) is 4.76. The summed E-state index contributed by atoms with van der Waals surface area (Å²) < 4.78 is 0. The Bertz CT molecular complexity index is 1190. The van der Waals surface area contributed by atoms with E-state index in [9.17, 15) is 0 Å². The van der Waals surface area contributed by atoms with Crippen molar-refractivity contribution in [1.82, 2.24) is 0 Å². The summed E-state index contributed by atoms with van der Waals surface area (Å²) >= 11 is 0. The van der Waals surface area contributed by atoms with E-state index in [1.807, 2.05) is 0 Å². The van der Waals surface area contributed by atoms with Gasteiger partial charge >= 0.3 is 0 Å². The third-order valence-electron chi connectivity index (χ3n) is 7.62. The van der Waals surface area contributed by atoms with E-state index in [2.05, 4.69) is 120 Å². The summed E-state index contributed by atoms with van der Waals surface area (Å²) in [6.07, 6.45) is 7.27. The lowest BCUT2D eigenvalue weighted by Gasteiger charge is -2.32. The highest BCUT2D eigenvalue weighted by molar-refractivity contribution is 6.77. The Labute approximate surface area is 214 Å². The molecule has 2 atom stereocenters. The summed E-state index contributed by atoms with van der Waals surface area (Å²) in [4.78, 5) is 0. The van der Waals surface area contributed by atoms with Crippen molar-refractivity contribution in [2.75, 3.05) is 0 Å². The van der Waals surface area contributed by atoms with Gasteiger partial charge in [-0.3, -0.25) is 0 Å². The lowest BCUT2D eigenvalue weighted by Crippen LogP contribution is -2.43. The first-order valence-electron chi connectivity index (χ1n) is 13.4. The van der Waals surface area contributed by atoms with Crippen LogP contribution in [0, 0.1) is 11.8 Å². The predicted octanol–water partition coefficient (Wildman–Crippen LogP) is 8.27. The molecule has 0 fully saturated rings. The van der Waals surface area contributed by atoms with Crippen LogP contribution in [0.15, 0.2) is 77.9 Å². The molecular weight excluding hydrogens is 436 g/mol. The molecule has 2 unspecified atom stereocenters. The fraction of sp³-hybridized carbons (Fsp3) is 0.353. The first-order valence-corrected chi connectivity index (χ1v) is 15.0. The molecule has 0 nitrogen and oxygen atoms in total. The quantitative estimate of drug-likeness (QED) is 0.302. The molecule has 0 N–H and O–H groups in total. The summed E-state index contributed by atoms with van der Waals surface area (Å²) in [5.41, 5.74) is 13.0. The van der Waals surface area contributed by atoms with Gasteiger partial charge in [0.15, 0.2) is 0 Å². The van der Waals surface area contributed by atoms with Crippen LogP contribution < -0.4 is 5.19 Å². The first-order chi connectivity index (χ1) is 16.8. The molecule has 35 heavy (non-hydrogen) atoms. The Morgan fingerprint density at radius 2 is 1.09 bits per heavy atom. The largest absolute Gasteiger partial charge is 0.110 e. The molecule has 0 saturated heterocycles. The molecule has 0 bridgehead atoms. The normalized spacial score (nSPS) is 18.8. The number of hydrogen-bond acceptors (Lipinski definition) is 0. The number of fused-ring (bicyclic) bond motifs is 2. The van der Waals surface area contributed by atoms with Gasteiger partial charge in [0.05, 0.1) is 0 Å². The van der Waals surface area contributed by atoms with Crippen LogP contribution in [0.5, 0.6) is 0 Å². The van der Waals surface area contributed by atoms with Gasteiger partial charge in [0.2, 0.25) is 0 Å². The van der Waals surface area contributed by atoms with Gasteiger partial charge in [-0.1, -0.05) is 123 Å². The van der Waals surface area contributed by atoms with Crippen molar-refractivity contribution in [3.8, 4) is 0 Å². The zero-order chi connectivity index (χ0) is 24.7. The fourth-order valence-corrected chi connectivity index (χ4v) is 10.2. The van der Waals surface area contributed by atoms with Crippen LogP contribution >= 0.6 is 0 Å². The number of hydrogen-bond donors (Lipinski definition) is 0. The first kappa shape index (κ1) is 24.1. The van der Waals surface area contributed by atoms with E-state index in [0.717, 1.165) is 12.8 Å². The molecule has 3 aromatic rings. The van der Waals surface area contributed by atoms with Crippen molar-refractivity contribution in [1.29, 1.82) is 0 Å². The van der Waals surface area contributed by atoms with Gasteiger partial charge in [0, 0.05) is 11.1 Å². The molecule has 0 heterocycles. The zero-order valence-electron chi connectivity index (χ0n) is 22.2. The third-order valence-corrected chi connectivity index (χ3v) is 11.4. The van der Waals surface area contributed by atoms with Gasteiger partial charge in [-0.2, -0.15) is 0 Å². The molecule has 5 rings (SSSR count). The predicted molar refractivity (Wildman–Crippen MR) is 155 cm³/mol. The monoisotopic (exact) mass is 475 g/mol. The second-order valence-corrected chi connectivity index (χ2v) is 14.2. The van der Waals surface area contributed by atoms with Gasteiger partial charge < -0.3 is 0 Å². The summed E-state index contributed by atoms with van der Waals surface area (Å²) in [6.45, 7) is 14.0. The van der Waals surface area contributed by atoms with Crippen molar-refractivity contribution >= 4 is 26.1 Å². The Hall–Kier alpha value is -2.64. The van der Waals surface area contributed by atoms with Crippen molar-refractivity contribution < 1.29 is 0 Å². The maximum atomic E-state index is 2.48. The van der Waals surface area contributed by atoms with E-state index in [1.165, 1.54) is 33.4 Å². The van der Waals surface area contributed by atoms with E-state index in [1.54, 1.807) is 16.3 Å². The molecule has 0 aliphatic heterocycles. The molecule has 2 aliphatic rings. The molecule has 0 saturated carbocycles. The lowest BCUT2D eigenvalue weighted by molar-refractivity contribution is 0.647. The van der Waals surface area contributed by atoms with Crippen LogP contribution in [-0.2, 0) is 12.8 Å². The number of allylic oxidation sites excluding steroid dienone is 2. The smallest absolute Gasteiger partial charge is 0.0677 e. The van der Waals surface area contributed by atoms with E-state index < -0.39 is 8.80 Å². The van der Waals surface area contributed by atoms with Crippen molar-refractivity contribution in [2.24, 2.45) is 11.8 Å². The molecule has 1 radical (unpaired) electrons. The van der Waals surface area contributed by atoms with Crippen LogP contribution in [0.4, 0.5) is 0 Å². The van der Waals surface area contributed by atoms with E-state index >= 15 is 0 Å². The van der Waals surface area contributed by atoms with E-state index in [-0.39, 0.29) is 0 Å². The fourth-order valence-electron chi connectivity index (χ4n) is 6.32. The average molecular weight is 476 g/mol. The van der Waals surface area contributed by atoms with Crippen LogP contribution in [-0.4, -0.2) is 8.80 Å². The summed E-state index contributed by atoms with van der Waals surface area (Å²) in [5.74, 6) is 1.37. The van der Waals surface area contributed by atoms with Gasteiger partial charge in [0.1, 0.15) is 8.80 Å². The summed E-state index contributed by atoms with van der Waals surface area (Å²) in [5, 5.41) is 1.55. The number of rotatable bonds is 7. The van der Waals surface area contributed by atoms with Crippen LogP contribution in [0.3, 0.4) is 0 Å². The minimum Gasteiger partial charge on any atom is -0.0677 e. The SMILES string of the molecule is CC1=Cc2cc(CC(C)C)ccc2C1[Si](c1ccccc1)C1C(C)=Cc2cc(CC(C)C)ccc21. The number of benzene rings is 3. The Morgan fingerprint density at radius 3 is 1.51 bits per heavy atom. The summed E-state index contributed by atoms with van der Waals surface area (Å²) in [6, 6.07) is 26.1. The van der Waals surface area contributed by atoms with E-state index in [0.29, 0.717) is 22.9 Å². The van der Waals surface area contributed by atoms with Crippen LogP contribution in [0.2, 0.25) is 0 Å². The minimum absolute atomic E-state index is 0.500. The second-order valence-electron chi connectivity index (χ2n) is 11.6. The second kappa shape index (κ2) is 9.78. The van der Waals surface area contributed by atoms with Crippen molar-refractivity contribution in [3.63, 3.8) is 0 Å². The zero-order valence-corrected chi connectivity index (χ0v) is 23.2. The minimum atomic E-state index is -1.01. The van der Waals surface area contributed by atoms with Gasteiger partial charge in [0.25, 0.3) is 0 Å². The Morgan fingerprint density at radius 1 is 0.629 bits per heavy atom. The maximum Gasteiger partial charge on any atom is 0.110 e. The van der Waals surface area contributed by atoms with E-state index in [4.69, 9.17) is 0 Å². The average Bonchev–Trinajstić information content (AvgIpc) is 3.29. The molecule has 0 amide bonds. The highest BCUT2D eigenvalue weighted by Crippen LogP contribution is 2.47. The Kier molecular flexibility index (Phi) is 6.73. The van der Waals surface area contributed by atoms with Crippen LogP contribution in [0.1, 0.15) is 86.0 Å². The molecule has 3 aromatic carbocycles. The van der Waals surface area contributed by atoms with Gasteiger partial charge in [-0.15, -0.1) is 0 Å². The molecule has 0 aromatic heterocycles. The van der Waals surface area contributed by atoms with Gasteiger partial charge in [-0.05, 0) is 71.9 Å². The highest BCUT2D eigenvalue weighted by atomic mass is 28.3. The van der Waals surface area contributed by atoms with Crippen molar-refractivity contribution in [2.45, 2.75) is 65.5 Å². The molecule has 179 valence electrons. The van der Waals surface area contributed by atoms with Crippen molar-refractivity contribution in [3.05, 3.63) is 111 Å². The molecule has 0 spiro atoms. The standard InChI is InChI=1S/C34H39Si/c1-22(2)16-26-12-14-31-28(20-26)18-24(5)33(31)35(30-10-8-7-9-11-30)34-25(6)19-29-21-27(17-23(3)4)13-15-32(29)34/h7-15,18-23,33-34H,16-17H2,1-6H3. The molecule has 2 aliphatic carbocycles. The highest BCUT2D eigenvalue weighted by Gasteiger charge is 2.41. The maximum absolute atomic E-state index is 2.48. The summed E-state index contributed by atoms with van der Waals surface area (Å²) in [7, 11) is -1.01. The van der Waals surface area contributed by atoms with Gasteiger partial charge in [-0.25, -0.2) is 0 Å². The van der Waals surface area contributed by atoms with Crippen LogP contribution in [0.25, 0.3) is 12.2 Å². The lowest BCUT2D eigenvalue weighted by atomic mass is 9.98. The Balaban J connectivity index is 1.60. The molecule has 1 heteroatoms.